The van der Waals surface area contributed by atoms with E-state index >= 15 is 0 Å². The summed E-state index contributed by atoms with van der Waals surface area (Å²) in [6.07, 6.45) is 1.68. The summed E-state index contributed by atoms with van der Waals surface area (Å²) in [5.41, 5.74) is 1.39. The smallest absolute Gasteiger partial charge is 0.338 e. The summed E-state index contributed by atoms with van der Waals surface area (Å²) >= 11 is 5.80. The van der Waals surface area contributed by atoms with Crippen molar-refractivity contribution >= 4 is 28.9 Å². The number of rotatable bonds is 6. The normalized spacial score (nSPS) is 10.7. The van der Waals surface area contributed by atoms with Crippen molar-refractivity contribution in [3.8, 4) is 11.5 Å². The molecule has 0 aliphatic heterocycles. The predicted octanol–water partition coefficient (Wildman–Crippen LogP) is 4.71. The number of aryl methyl sites for hydroxylation is 1. The van der Waals surface area contributed by atoms with Crippen LogP contribution in [-0.4, -0.2) is 20.3 Å². The lowest BCUT2D eigenvalue weighted by atomic mass is 10.2. The van der Waals surface area contributed by atoms with E-state index in [1.54, 1.807) is 12.3 Å². The Morgan fingerprint density at radius 1 is 1.12 bits per heavy atom. The molecule has 4 rings (SSSR count). The van der Waals surface area contributed by atoms with Crippen molar-refractivity contribution in [3.05, 3.63) is 109 Å². The monoisotopic (exact) mass is 465 g/mol. The van der Waals surface area contributed by atoms with Crippen LogP contribution in [0.1, 0.15) is 21.6 Å². The molecule has 0 saturated heterocycles. The fourth-order valence-electron chi connectivity index (χ4n) is 3.06. The van der Waals surface area contributed by atoms with Crippen molar-refractivity contribution in [1.29, 1.82) is 0 Å². The third kappa shape index (κ3) is 4.99. The number of carbonyl (C=O) groups is 1. The molecule has 4 aromatic rings. The maximum Gasteiger partial charge on any atom is 0.338 e. The van der Waals surface area contributed by atoms with E-state index in [1.807, 2.05) is 13.0 Å². The molecular weight excluding hydrogens is 450 g/mol. The Labute approximate surface area is 191 Å². The number of ether oxygens (including phenoxy) is 2. The van der Waals surface area contributed by atoms with Gasteiger partial charge in [0.2, 0.25) is 5.75 Å². The van der Waals surface area contributed by atoms with E-state index in [2.05, 4.69) is 4.98 Å². The van der Waals surface area contributed by atoms with Gasteiger partial charge >= 0.3 is 11.7 Å². The van der Waals surface area contributed by atoms with Crippen LogP contribution in [0.3, 0.4) is 0 Å². The second kappa shape index (κ2) is 9.09. The SMILES string of the molecule is Cc1ccc2nc(COC(=O)c3ccc(Oc4ccc(Cl)cc4[N+](=O)[O-])cc3)cc(=O)n2c1. The molecule has 2 aromatic heterocycles. The molecule has 166 valence electrons. The van der Waals surface area contributed by atoms with Crippen LogP contribution in [0.5, 0.6) is 11.5 Å². The highest BCUT2D eigenvalue weighted by atomic mass is 35.5. The largest absolute Gasteiger partial charge is 0.456 e. The summed E-state index contributed by atoms with van der Waals surface area (Å²) in [6, 6.07) is 14.8. The third-order valence-electron chi connectivity index (χ3n) is 4.65. The van der Waals surface area contributed by atoms with Gasteiger partial charge in [-0.15, -0.1) is 0 Å². The Bertz CT molecular complexity index is 1430. The van der Waals surface area contributed by atoms with Gasteiger partial charge in [-0.1, -0.05) is 17.7 Å². The fourth-order valence-corrected chi connectivity index (χ4v) is 3.23. The molecule has 0 unspecified atom stereocenters. The van der Waals surface area contributed by atoms with Gasteiger partial charge in [0, 0.05) is 23.4 Å². The maximum atomic E-state index is 12.4. The number of nitro benzene ring substituents is 1. The van der Waals surface area contributed by atoms with Crippen molar-refractivity contribution in [1.82, 2.24) is 9.38 Å². The van der Waals surface area contributed by atoms with Gasteiger partial charge in [0.15, 0.2) is 0 Å². The zero-order valence-electron chi connectivity index (χ0n) is 17.2. The molecule has 0 fully saturated rings. The van der Waals surface area contributed by atoms with Crippen LogP contribution < -0.4 is 10.3 Å². The fraction of sp³-hybridized carbons (Fsp3) is 0.0870. The Morgan fingerprint density at radius 2 is 1.88 bits per heavy atom. The highest BCUT2D eigenvalue weighted by Gasteiger charge is 2.17. The molecule has 9 nitrogen and oxygen atoms in total. The van der Waals surface area contributed by atoms with E-state index < -0.39 is 10.9 Å². The van der Waals surface area contributed by atoms with Gasteiger partial charge in [-0.2, -0.15) is 0 Å². The molecule has 2 aromatic carbocycles. The summed E-state index contributed by atoms with van der Waals surface area (Å²) in [7, 11) is 0. The molecule has 0 aliphatic carbocycles. The maximum absolute atomic E-state index is 12.4. The summed E-state index contributed by atoms with van der Waals surface area (Å²) in [4.78, 5) is 39.6. The number of esters is 1. The minimum atomic E-state index is -0.620. The standard InChI is InChI=1S/C23H16ClN3O6/c1-14-2-9-21-25-17(11-22(28)26(21)12-14)13-32-23(29)15-3-6-18(7-4-15)33-20-8-5-16(24)10-19(20)27(30)31/h2-12H,13H2,1H3. The van der Waals surface area contributed by atoms with Crippen molar-refractivity contribution in [2.75, 3.05) is 0 Å². The van der Waals surface area contributed by atoms with E-state index in [4.69, 9.17) is 21.1 Å². The average Bonchev–Trinajstić information content (AvgIpc) is 2.79. The van der Waals surface area contributed by atoms with E-state index in [0.717, 1.165) is 5.56 Å². The first-order chi connectivity index (χ1) is 15.8. The van der Waals surface area contributed by atoms with Crippen molar-refractivity contribution in [2.45, 2.75) is 13.5 Å². The van der Waals surface area contributed by atoms with Gasteiger partial charge in [0.05, 0.1) is 16.2 Å². The molecule has 33 heavy (non-hydrogen) atoms. The van der Waals surface area contributed by atoms with E-state index in [0.29, 0.717) is 11.3 Å². The van der Waals surface area contributed by atoms with Gasteiger partial charge in [-0.05, 0) is 55.0 Å². The Morgan fingerprint density at radius 3 is 2.61 bits per heavy atom. The molecule has 0 aliphatic rings. The quantitative estimate of drug-likeness (QED) is 0.230. The third-order valence-corrected chi connectivity index (χ3v) is 4.88. The van der Waals surface area contributed by atoms with Gasteiger partial charge in [-0.25, -0.2) is 9.78 Å². The first-order valence-electron chi connectivity index (χ1n) is 9.68. The lowest BCUT2D eigenvalue weighted by molar-refractivity contribution is -0.385. The molecule has 10 heteroatoms. The summed E-state index contributed by atoms with van der Waals surface area (Å²) in [5, 5.41) is 11.4. The van der Waals surface area contributed by atoms with Crippen LogP contribution in [0.4, 0.5) is 5.69 Å². The molecule has 2 heterocycles. The molecular formula is C23H16ClN3O6. The highest BCUT2D eigenvalue weighted by Crippen LogP contribution is 2.33. The van der Waals surface area contributed by atoms with E-state index in [-0.39, 0.29) is 39.9 Å². The number of nitrogens with zero attached hydrogens (tertiary/aromatic N) is 3. The van der Waals surface area contributed by atoms with Gasteiger partial charge in [0.1, 0.15) is 18.0 Å². The molecule has 0 saturated carbocycles. The van der Waals surface area contributed by atoms with Crippen LogP contribution in [0.2, 0.25) is 5.02 Å². The number of halogens is 1. The zero-order chi connectivity index (χ0) is 23.5. The summed E-state index contributed by atoms with van der Waals surface area (Å²) in [6.45, 7) is 1.70. The topological polar surface area (TPSA) is 113 Å². The second-order valence-corrected chi connectivity index (χ2v) is 7.53. The lowest BCUT2D eigenvalue weighted by Gasteiger charge is -2.08. The van der Waals surface area contributed by atoms with Crippen molar-refractivity contribution in [2.24, 2.45) is 0 Å². The van der Waals surface area contributed by atoms with Gasteiger partial charge in [-0.3, -0.25) is 19.3 Å². The van der Waals surface area contributed by atoms with Crippen molar-refractivity contribution in [3.63, 3.8) is 0 Å². The van der Waals surface area contributed by atoms with Crippen LogP contribution in [0.15, 0.2) is 71.7 Å². The number of pyridine rings is 1. The molecule has 0 amide bonds. The van der Waals surface area contributed by atoms with E-state index in [9.17, 15) is 19.7 Å². The van der Waals surface area contributed by atoms with Crippen LogP contribution in [0, 0.1) is 17.0 Å². The first kappa shape index (κ1) is 22.0. The number of benzene rings is 2. The number of fused-ring (bicyclic) bond motifs is 1. The minimum Gasteiger partial charge on any atom is -0.456 e. The second-order valence-electron chi connectivity index (χ2n) is 7.09. The number of hydrogen-bond donors (Lipinski definition) is 0. The molecule has 0 radical (unpaired) electrons. The average molecular weight is 466 g/mol. The van der Waals surface area contributed by atoms with Crippen LogP contribution in [-0.2, 0) is 11.3 Å². The van der Waals surface area contributed by atoms with Gasteiger partial charge in [0.25, 0.3) is 5.56 Å². The molecule has 0 atom stereocenters. The highest BCUT2D eigenvalue weighted by molar-refractivity contribution is 6.30. The van der Waals surface area contributed by atoms with Crippen LogP contribution in [0.25, 0.3) is 5.65 Å². The number of aromatic nitrogens is 2. The Kier molecular flexibility index (Phi) is 6.05. The minimum absolute atomic E-state index is 0.0172. The lowest BCUT2D eigenvalue weighted by Crippen LogP contribution is -2.16. The Balaban J connectivity index is 1.44. The molecule has 0 spiro atoms. The van der Waals surface area contributed by atoms with Crippen LogP contribution >= 0.6 is 11.6 Å². The summed E-state index contributed by atoms with van der Waals surface area (Å²) < 4.78 is 12.2. The predicted molar refractivity (Wildman–Crippen MR) is 120 cm³/mol. The summed E-state index contributed by atoms with van der Waals surface area (Å²) in [5.74, 6) is -0.315. The van der Waals surface area contributed by atoms with Crippen molar-refractivity contribution < 1.29 is 19.2 Å². The van der Waals surface area contributed by atoms with Gasteiger partial charge < -0.3 is 9.47 Å². The molecule has 0 bridgehead atoms. The number of carbonyl (C=O) groups excluding carboxylic acids is 1. The number of nitro groups is 1. The van der Waals surface area contributed by atoms with E-state index in [1.165, 1.54) is 52.9 Å². The molecule has 0 N–H and O–H groups in total. The zero-order valence-corrected chi connectivity index (χ0v) is 18.0. The first-order valence-corrected chi connectivity index (χ1v) is 10.1. The Hall–Kier alpha value is -4.24. The number of hydrogen-bond acceptors (Lipinski definition) is 7.